The Morgan fingerprint density at radius 2 is 1.70 bits per heavy atom. The van der Waals surface area contributed by atoms with E-state index in [1.807, 2.05) is 6.92 Å². The lowest BCUT2D eigenvalue weighted by Crippen LogP contribution is -2.46. The Morgan fingerprint density at radius 1 is 1.17 bits per heavy atom. The Labute approximate surface area is 139 Å². The number of hydrogen-bond donors (Lipinski definition) is 1. The van der Waals surface area contributed by atoms with Gasteiger partial charge in [-0.25, -0.2) is 0 Å². The summed E-state index contributed by atoms with van der Waals surface area (Å²) in [6.45, 7) is 6.55. The highest BCUT2D eigenvalue weighted by Crippen LogP contribution is 2.32. The van der Waals surface area contributed by atoms with Crippen molar-refractivity contribution < 1.29 is 14.3 Å². The first-order valence-electron chi connectivity index (χ1n) is 8.36. The molecule has 23 heavy (non-hydrogen) atoms. The van der Waals surface area contributed by atoms with Gasteiger partial charge in [0.1, 0.15) is 0 Å². The number of methoxy groups -OCH3 is 2. The largest absolute Gasteiger partial charge is 0.493 e. The maximum atomic E-state index is 12.2. The summed E-state index contributed by atoms with van der Waals surface area (Å²) in [4.78, 5) is 14.4. The number of carbonyl (C=O) groups excluding carboxylic acids is 1. The summed E-state index contributed by atoms with van der Waals surface area (Å²) in [5.74, 6) is 1.66. The van der Waals surface area contributed by atoms with E-state index in [1.54, 1.807) is 14.2 Å². The Balaban J connectivity index is 2.09. The zero-order valence-corrected chi connectivity index (χ0v) is 14.6. The van der Waals surface area contributed by atoms with Crippen molar-refractivity contribution in [2.75, 3.05) is 33.9 Å². The van der Waals surface area contributed by atoms with Crippen LogP contribution in [0.15, 0.2) is 12.1 Å². The molecule has 1 N–H and O–H groups in total. The number of rotatable bonds is 6. The summed E-state index contributed by atoms with van der Waals surface area (Å²) in [5, 5.41) is 2.99. The van der Waals surface area contributed by atoms with Gasteiger partial charge in [0.15, 0.2) is 11.5 Å². The molecular weight excluding hydrogens is 292 g/mol. The molecule has 1 heterocycles. The quantitative estimate of drug-likeness (QED) is 0.871. The van der Waals surface area contributed by atoms with Gasteiger partial charge in [0, 0.05) is 19.6 Å². The van der Waals surface area contributed by atoms with Crippen LogP contribution in [0.5, 0.6) is 11.5 Å². The predicted octanol–water partition coefficient (Wildman–Crippen LogP) is 2.02. The third kappa shape index (κ3) is 4.16. The molecule has 1 aromatic carbocycles. The van der Waals surface area contributed by atoms with Crippen LogP contribution in [0.3, 0.4) is 0 Å². The van der Waals surface area contributed by atoms with Crippen molar-refractivity contribution in [1.29, 1.82) is 0 Å². The van der Waals surface area contributed by atoms with E-state index >= 15 is 0 Å². The number of fused-ring (bicyclic) bond motifs is 1. The van der Waals surface area contributed by atoms with Gasteiger partial charge in [-0.2, -0.15) is 0 Å². The van der Waals surface area contributed by atoms with Gasteiger partial charge in [-0.3, -0.25) is 9.69 Å². The fourth-order valence-corrected chi connectivity index (χ4v) is 3.02. The molecular formula is C18H28N2O3. The third-order valence-electron chi connectivity index (χ3n) is 4.52. The van der Waals surface area contributed by atoms with Gasteiger partial charge in [0.25, 0.3) is 0 Å². The fourth-order valence-electron chi connectivity index (χ4n) is 3.02. The van der Waals surface area contributed by atoms with Gasteiger partial charge in [0.2, 0.25) is 5.91 Å². The first kappa shape index (κ1) is 17.6. The van der Waals surface area contributed by atoms with E-state index in [0.717, 1.165) is 50.4 Å². The number of benzene rings is 1. The van der Waals surface area contributed by atoms with E-state index in [1.165, 1.54) is 11.1 Å². The summed E-state index contributed by atoms with van der Waals surface area (Å²) in [6.07, 6.45) is 2.80. The molecule has 0 aromatic heterocycles. The molecule has 5 heteroatoms. The summed E-state index contributed by atoms with van der Waals surface area (Å²) in [6, 6.07) is 4.04. The van der Waals surface area contributed by atoms with Gasteiger partial charge in [-0.15, -0.1) is 0 Å². The third-order valence-corrected chi connectivity index (χ3v) is 4.52. The summed E-state index contributed by atoms with van der Waals surface area (Å²) in [5.41, 5.74) is 2.57. The van der Waals surface area contributed by atoms with Gasteiger partial charge in [0.05, 0.1) is 20.3 Å². The highest BCUT2D eigenvalue weighted by atomic mass is 16.5. The highest BCUT2D eigenvalue weighted by molar-refractivity contribution is 5.81. The number of nitrogens with zero attached hydrogens (tertiary/aromatic N) is 1. The second kappa shape index (κ2) is 8.20. The minimum Gasteiger partial charge on any atom is -0.493 e. The van der Waals surface area contributed by atoms with Crippen LogP contribution in [-0.2, 0) is 17.6 Å². The van der Waals surface area contributed by atoms with Crippen molar-refractivity contribution in [2.24, 2.45) is 0 Å². The van der Waals surface area contributed by atoms with Crippen molar-refractivity contribution in [3.63, 3.8) is 0 Å². The van der Waals surface area contributed by atoms with E-state index in [9.17, 15) is 4.79 Å². The van der Waals surface area contributed by atoms with Crippen LogP contribution in [0, 0.1) is 0 Å². The molecule has 128 valence electrons. The zero-order chi connectivity index (χ0) is 16.8. The second-order valence-electron chi connectivity index (χ2n) is 5.98. The smallest absolute Gasteiger partial charge is 0.237 e. The fraction of sp³-hybridized carbons (Fsp3) is 0.611. The minimum absolute atomic E-state index is 0.0975. The van der Waals surface area contributed by atoms with Gasteiger partial charge in [-0.05, 0) is 49.4 Å². The summed E-state index contributed by atoms with van der Waals surface area (Å²) in [7, 11) is 3.32. The molecule has 1 aliphatic heterocycles. The van der Waals surface area contributed by atoms with Crippen LogP contribution in [0.4, 0.5) is 0 Å². The van der Waals surface area contributed by atoms with E-state index in [-0.39, 0.29) is 11.9 Å². The van der Waals surface area contributed by atoms with Crippen molar-refractivity contribution in [3.05, 3.63) is 23.3 Å². The molecule has 1 unspecified atom stereocenters. The molecule has 0 fully saturated rings. The number of nitrogens with one attached hydrogen (secondary N) is 1. The van der Waals surface area contributed by atoms with Crippen LogP contribution in [-0.4, -0.2) is 50.7 Å². The minimum atomic E-state index is -0.0975. The molecule has 0 aliphatic carbocycles. The van der Waals surface area contributed by atoms with E-state index in [2.05, 4.69) is 29.3 Å². The van der Waals surface area contributed by atoms with Crippen molar-refractivity contribution in [2.45, 2.75) is 39.2 Å². The first-order chi connectivity index (χ1) is 11.1. The Hall–Kier alpha value is -1.75. The maximum absolute atomic E-state index is 12.2. The second-order valence-corrected chi connectivity index (χ2v) is 5.98. The normalized spacial score (nSPS) is 16.2. The predicted molar refractivity (Wildman–Crippen MR) is 91.3 cm³/mol. The van der Waals surface area contributed by atoms with Crippen LogP contribution < -0.4 is 14.8 Å². The molecule has 1 aliphatic rings. The van der Waals surface area contributed by atoms with Crippen LogP contribution in [0.25, 0.3) is 0 Å². The number of carbonyl (C=O) groups is 1. The monoisotopic (exact) mass is 320 g/mol. The van der Waals surface area contributed by atoms with Crippen LogP contribution >= 0.6 is 0 Å². The van der Waals surface area contributed by atoms with Crippen molar-refractivity contribution >= 4 is 5.91 Å². The SMILES string of the molecule is CCCNC(=O)C(C)N1CCc2cc(OC)c(OC)cc2CC1. The van der Waals surface area contributed by atoms with E-state index in [4.69, 9.17) is 9.47 Å². The van der Waals surface area contributed by atoms with Gasteiger partial charge >= 0.3 is 0 Å². The summed E-state index contributed by atoms with van der Waals surface area (Å²) >= 11 is 0. The molecule has 1 amide bonds. The molecule has 0 spiro atoms. The van der Waals surface area contributed by atoms with Crippen LogP contribution in [0.1, 0.15) is 31.4 Å². The number of ether oxygens (including phenoxy) is 2. The molecule has 0 saturated carbocycles. The van der Waals surface area contributed by atoms with Crippen molar-refractivity contribution in [3.8, 4) is 11.5 Å². The molecule has 0 radical (unpaired) electrons. The standard InChI is InChI=1S/C18H28N2O3/c1-5-8-19-18(21)13(2)20-9-6-14-11-16(22-3)17(23-4)12-15(14)7-10-20/h11-13H,5-10H2,1-4H3,(H,19,21). The number of hydrogen-bond acceptors (Lipinski definition) is 4. The molecule has 0 bridgehead atoms. The molecule has 5 nitrogen and oxygen atoms in total. The van der Waals surface area contributed by atoms with Gasteiger partial charge < -0.3 is 14.8 Å². The lowest BCUT2D eigenvalue weighted by Gasteiger charge is -2.26. The maximum Gasteiger partial charge on any atom is 0.237 e. The lowest BCUT2D eigenvalue weighted by molar-refractivity contribution is -0.125. The summed E-state index contributed by atoms with van der Waals surface area (Å²) < 4.78 is 10.8. The lowest BCUT2D eigenvalue weighted by atomic mass is 10.0. The molecule has 0 saturated heterocycles. The van der Waals surface area contributed by atoms with E-state index in [0.29, 0.717) is 0 Å². The number of amides is 1. The van der Waals surface area contributed by atoms with Crippen molar-refractivity contribution in [1.82, 2.24) is 10.2 Å². The topological polar surface area (TPSA) is 50.8 Å². The molecule has 2 rings (SSSR count). The Morgan fingerprint density at radius 3 is 2.13 bits per heavy atom. The van der Waals surface area contributed by atoms with Gasteiger partial charge in [-0.1, -0.05) is 6.92 Å². The van der Waals surface area contributed by atoms with E-state index < -0.39 is 0 Å². The first-order valence-corrected chi connectivity index (χ1v) is 8.36. The highest BCUT2D eigenvalue weighted by Gasteiger charge is 2.24. The zero-order valence-electron chi connectivity index (χ0n) is 14.6. The Bertz CT molecular complexity index is 510. The molecule has 1 aromatic rings. The average Bonchev–Trinajstić information content (AvgIpc) is 2.79. The van der Waals surface area contributed by atoms with Crippen LogP contribution in [0.2, 0.25) is 0 Å². The average molecular weight is 320 g/mol. The Kier molecular flexibility index (Phi) is 6.28. The molecule has 1 atom stereocenters.